The number of aromatic amines is 1. The zero-order valence-corrected chi connectivity index (χ0v) is 18.8. The second-order valence-electron chi connectivity index (χ2n) is 8.08. The maximum atomic E-state index is 12.9. The monoisotopic (exact) mass is 465 g/mol. The van der Waals surface area contributed by atoms with Gasteiger partial charge in [-0.25, -0.2) is 9.37 Å². The fourth-order valence-electron chi connectivity index (χ4n) is 3.39. The minimum atomic E-state index is -0.906. The fourth-order valence-corrected chi connectivity index (χ4v) is 3.39. The molecule has 0 aliphatic heterocycles. The summed E-state index contributed by atoms with van der Waals surface area (Å²) in [6.07, 6.45) is 0.650. The molecule has 0 bridgehead atoms. The predicted molar refractivity (Wildman–Crippen MR) is 127 cm³/mol. The number of halogens is 1. The molecule has 0 aliphatic carbocycles. The summed E-state index contributed by atoms with van der Waals surface area (Å²) in [5.41, 5.74) is 2.81. The molecule has 1 heterocycles. The highest BCUT2D eigenvalue weighted by Crippen LogP contribution is 2.23. The molecule has 0 radical (unpaired) electrons. The second-order valence-corrected chi connectivity index (χ2v) is 8.08. The Morgan fingerprint density at radius 2 is 1.65 bits per heavy atom. The van der Waals surface area contributed by atoms with Gasteiger partial charge in [0, 0.05) is 36.1 Å². The topological polar surface area (TPSA) is 118 Å². The molecule has 178 valence electrons. The summed E-state index contributed by atoms with van der Waals surface area (Å²) >= 11 is 0. The van der Waals surface area contributed by atoms with Gasteiger partial charge in [-0.2, -0.15) is 0 Å². The molecule has 5 N–H and O–H groups in total. The van der Waals surface area contributed by atoms with Crippen LogP contribution in [0.1, 0.15) is 46.9 Å². The van der Waals surface area contributed by atoms with Gasteiger partial charge in [0.05, 0.1) is 18.6 Å². The third-order valence-electron chi connectivity index (χ3n) is 5.49. The van der Waals surface area contributed by atoms with Crippen LogP contribution in [0.15, 0.2) is 59.7 Å². The Balaban J connectivity index is 1.77. The lowest BCUT2D eigenvalue weighted by Gasteiger charge is -2.20. The lowest BCUT2D eigenvalue weighted by Crippen LogP contribution is -2.32. The highest BCUT2D eigenvalue weighted by molar-refractivity contribution is 5.44. The van der Waals surface area contributed by atoms with Crippen LogP contribution in [0.25, 0.3) is 0 Å². The fraction of sp³-hybridized carbons (Fsp3) is 0.308. The van der Waals surface area contributed by atoms with E-state index in [1.165, 1.54) is 6.33 Å². The first-order valence-corrected chi connectivity index (χ1v) is 11.0. The summed E-state index contributed by atoms with van der Waals surface area (Å²) < 4.78 is 12.9. The molecule has 3 rings (SSSR count). The SMILES string of the molecule is C[C@@H](CF)NC[C@H](Cc1nc[nH]c(=O)c1O)c1ccc(C#Cc2ccc(C(O)CO)cc2)cc1. The van der Waals surface area contributed by atoms with Crippen molar-refractivity contribution in [3.63, 3.8) is 0 Å². The molecular weight excluding hydrogens is 437 g/mol. The molecule has 34 heavy (non-hydrogen) atoms. The van der Waals surface area contributed by atoms with E-state index in [0.717, 1.165) is 16.7 Å². The van der Waals surface area contributed by atoms with Gasteiger partial charge in [0.1, 0.15) is 12.8 Å². The van der Waals surface area contributed by atoms with Gasteiger partial charge in [0.2, 0.25) is 5.75 Å². The Morgan fingerprint density at radius 3 is 2.21 bits per heavy atom. The van der Waals surface area contributed by atoms with Crippen molar-refractivity contribution < 1.29 is 19.7 Å². The van der Waals surface area contributed by atoms with Crippen LogP contribution in [-0.4, -0.2) is 51.2 Å². The van der Waals surface area contributed by atoms with Gasteiger partial charge >= 0.3 is 0 Å². The van der Waals surface area contributed by atoms with E-state index in [-0.39, 0.29) is 24.3 Å². The van der Waals surface area contributed by atoms with Gasteiger partial charge in [-0.1, -0.05) is 36.1 Å². The Morgan fingerprint density at radius 1 is 1.06 bits per heavy atom. The van der Waals surface area contributed by atoms with E-state index in [9.17, 15) is 19.4 Å². The van der Waals surface area contributed by atoms with Crippen LogP contribution >= 0.6 is 0 Å². The van der Waals surface area contributed by atoms with Gasteiger partial charge in [-0.3, -0.25) is 4.79 Å². The van der Waals surface area contributed by atoms with E-state index < -0.39 is 24.1 Å². The van der Waals surface area contributed by atoms with Gasteiger partial charge in [-0.05, 0) is 42.3 Å². The Labute approximate surface area is 197 Å². The summed E-state index contributed by atoms with van der Waals surface area (Å²) in [5, 5.41) is 31.9. The number of nitrogens with zero attached hydrogens (tertiary/aromatic N) is 1. The highest BCUT2D eigenvalue weighted by atomic mass is 19.1. The van der Waals surface area contributed by atoms with Crippen LogP contribution in [-0.2, 0) is 6.42 Å². The number of benzene rings is 2. The number of alkyl halides is 1. The van der Waals surface area contributed by atoms with E-state index >= 15 is 0 Å². The number of rotatable bonds is 9. The van der Waals surface area contributed by atoms with E-state index in [1.807, 2.05) is 24.3 Å². The summed E-state index contributed by atoms with van der Waals surface area (Å²) in [4.78, 5) is 18.2. The van der Waals surface area contributed by atoms with Crippen molar-refractivity contribution >= 4 is 0 Å². The number of aliphatic hydroxyl groups is 2. The Kier molecular flexibility index (Phi) is 8.93. The van der Waals surface area contributed by atoms with Crippen molar-refractivity contribution in [2.75, 3.05) is 19.8 Å². The normalized spacial score (nSPS) is 13.5. The summed E-state index contributed by atoms with van der Waals surface area (Å²) in [5.74, 6) is 5.59. The zero-order chi connectivity index (χ0) is 24.5. The molecule has 3 aromatic rings. The summed E-state index contributed by atoms with van der Waals surface area (Å²) in [6, 6.07) is 14.3. The van der Waals surface area contributed by atoms with Gasteiger partial charge in [0.25, 0.3) is 5.56 Å². The number of aromatic hydroxyl groups is 1. The minimum absolute atomic E-state index is 0.151. The number of hydrogen-bond acceptors (Lipinski definition) is 6. The summed E-state index contributed by atoms with van der Waals surface area (Å²) in [7, 11) is 0. The number of nitrogens with one attached hydrogen (secondary N) is 2. The standard InChI is InChI=1S/C26H28FN3O4/c1-17(13-27)28-14-22(12-23-25(33)26(34)30-16-29-23)20-8-4-18(5-9-20)2-3-19-6-10-21(11-7-19)24(32)15-31/h4-11,16-17,22,24,28,31-33H,12-15H2,1H3,(H,29,30,34)/t17-,22-,24?/m0/s1. The van der Waals surface area contributed by atoms with Crippen molar-refractivity contribution in [2.45, 2.75) is 31.4 Å². The molecule has 3 atom stereocenters. The van der Waals surface area contributed by atoms with Gasteiger partial charge in [0.15, 0.2) is 0 Å². The molecular formula is C26H28FN3O4. The van der Waals surface area contributed by atoms with Crippen molar-refractivity contribution in [1.82, 2.24) is 15.3 Å². The van der Waals surface area contributed by atoms with Gasteiger partial charge in [-0.15, -0.1) is 0 Å². The summed E-state index contributed by atoms with van der Waals surface area (Å²) in [6.45, 7) is 1.35. The molecule has 1 aromatic heterocycles. The maximum absolute atomic E-state index is 12.9. The highest BCUT2D eigenvalue weighted by Gasteiger charge is 2.18. The molecule has 2 aromatic carbocycles. The van der Waals surface area contributed by atoms with Crippen LogP contribution in [0.2, 0.25) is 0 Å². The number of aromatic nitrogens is 2. The molecule has 8 heteroatoms. The van der Waals surface area contributed by atoms with Crippen LogP contribution in [0, 0.1) is 11.8 Å². The quantitative estimate of drug-likeness (QED) is 0.309. The molecule has 0 aliphatic rings. The van der Waals surface area contributed by atoms with E-state index in [2.05, 4.69) is 27.1 Å². The van der Waals surface area contributed by atoms with Crippen molar-refractivity contribution in [1.29, 1.82) is 0 Å². The molecule has 0 saturated heterocycles. The predicted octanol–water partition coefficient (Wildman–Crippen LogP) is 2.17. The lowest BCUT2D eigenvalue weighted by molar-refractivity contribution is 0.0956. The van der Waals surface area contributed by atoms with Crippen LogP contribution < -0.4 is 10.9 Å². The molecule has 0 fully saturated rings. The minimum Gasteiger partial charge on any atom is -0.502 e. The third kappa shape index (κ3) is 6.75. The molecule has 0 amide bonds. The largest absolute Gasteiger partial charge is 0.502 e. The molecule has 7 nitrogen and oxygen atoms in total. The van der Waals surface area contributed by atoms with E-state index in [0.29, 0.717) is 18.5 Å². The Bertz CT molecular complexity index is 1180. The first-order chi connectivity index (χ1) is 16.4. The van der Waals surface area contributed by atoms with Crippen LogP contribution in [0.3, 0.4) is 0 Å². The zero-order valence-electron chi connectivity index (χ0n) is 18.8. The van der Waals surface area contributed by atoms with Gasteiger partial charge < -0.3 is 25.6 Å². The van der Waals surface area contributed by atoms with Crippen LogP contribution in [0.5, 0.6) is 5.75 Å². The van der Waals surface area contributed by atoms with Crippen LogP contribution in [0.4, 0.5) is 4.39 Å². The second kappa shape index (κ2) is 12.1. The third-order valence-corrected chi connectivity index (χ3v) is 5.49. The van der Waals surface area contributed by atoms with Crippen molar-refractivity contribution in [2.24, 2.45) is 0 Å². The molecule has 0 spiro atoms. The number of H-pyrrole nitrogens is 1. The maximum Gasteiger partial charge on any atom is 0.293 e. The van der Waals surface area contributed by atoms with Crippen molar-refractivity contribution in [3.8, 4) is 17.6 Å². The lowest BCUT2D eigenvalue weighted by atomic mass is 9.92. The average molecular weight is 466 g/mol. The smallest absolute Gasteiger partial charge is 0.293 e. The first kappa shape index (κ1) is 25.1. The number of aliphatic hydroxyl groups excluding tert-OH is 2. The molecule has 1 unspecified atom stereocenters. The Hall–Kier alpha value is -3.51. The van der Waals surface area contributed by atoms with E-state index in [4.69, 9.17) is 5.11 Å². The molecule has 0 saturated carbocycles. The van der Waals surface area contributed by atoms with E-state index in [1.54, 1.807) is 31.2 Å². The first-order valence-electron chi connectivity index (χ1n) is 11.0. The number of hydrogen-bond donors (Lipinski definition) is 5. The average Bonchev–Trinajstić information content (AvgIpc) is 2.87. The van der Waals surface area contributed by atoms with Crippen molar-refractivity contribution in [3.05, 3.63) is 93.2 Å².